The second-order valence-corrected chi connectivity index (χ2v) is 6.22. The first-order chi connectivity index (χ1) is 8.87. The highest BCUT2D eigenvalue weighted by Crippen LogP contribution is 2.30. The predicted octanol–water partition coefficient (Wildman–Crippen LogP) is 1.75. The van der Waals surface area contributed by atoms with Crippen molar-refractivity contribution >= 4 is 15.8 Å². The van der Waals surface area contributed by atoms with Gasteiger partial charge in [-0.05, 0) is 36.8 Å². The van der Waals surface area contributed by atoms with E-state index in [1.807, 2.05) is 0 Å². The van der Waals surface area contributed by atoms with E-state index in [2.05, 4.69) is 36.3 Å². The summed E-state index contributed by atoms with van der Waals surface area (Å²) >= 11 is 0. The minimum atomic E-state index is -3.78. The molecule has 3 N–H and O–H groups in total. The third-order valence-electron chi connectivity index (χ3n) is 3.83. The van der Waals surface area contributed by atoms with Crippen molar-refractivity contribution in [2.24, 2.45) is 10.6 Å². The zero-order valence-electron chi connectivity index (χ0n) is 11.7. The van der Waals surface area contributed by atoms with Crippen molar-refractivity contribution < 1.29 is 8.42 Å². The van der Waals surface area contributed by atoms with Gasteiger partial charge in [-0.3, -0.25) is 0 Å². The Kier molecular flexibility index (Phi) is 5.25. The van der Waals surface area contributed by atoms with Gasteiger partial charge < -0.3 is 5.32 Å². The van der Waals surface area contributed by atoms with Gasteiger partial charge in [0.15, 0.2) is 5.03 Å². The Balaban J connectivity index is 2.74. The molecule has 0 radical (unpaired) electrons. The van der Waals surface area contributed by atoms with Gasteiger partial charge in [0.05, 0.1) is 0 Å². The minimum absolute atomic E-state index is 0.217. The van der Waals surface area contributed by atoms with Gasteiger partial charge >= 0.3 is 0 Å². The largest absolute Gasteiger partial charge is 0.368 e. The Labute approximate surface area is 114 Å². The number of rotatable bonds is 7. The molecular weight excluding hydrogens is 264 g/mol. The van der Waals surface area contributed by atoms with Crippen molar-refractivity contribution in [1.29, 1.82) is 0 Å². The Morgan fingerprint density at radius 3 is 2.11 bits per heavy atom. The van der Waals surface area contributed by atoms with Crippen LogP contribution in [0.5, 0.6) is 0 Å². The summed E-state index contributed by atoms with van der Waals surface area (Å²) in [6, 6.07) is 2.94. The van der Waals surface area contributed by atoms with Gasteiger partial charge in [0, 0.05) is 6.54 Å². The molecule has 0 fully saturated rings. The molecule has 1 aromatic rings. The van der Waals surface area contributed by atoms with Crippen LogP contribution in [-0.4, -0.2) is 25.2 Å². The fraction of sp³-hybridized carbons (Fsp3) is 0.667. The average Bonchev–Trinajstić information content (AvgIpc) is 2.40. The van der Waals surface area contributed by atoms with Gasteiger partial charge in [-0.15, -0.1) is 10.2 Å². The van der Waals surface area contributed by atoms with Crippen LogP contribution in [-0.2, 0) is 10.0 Å². The average molecular weight is 286 g/mol. The summed E-state index contributed by atoms with van der Waals surface area (Å²) in [6.07, 6.45) is 3.24. The lowest BCUT2D eigenvalue weighted by Crippen LogP contribution is -2.28. The molecule has 0 aliphatic rings. The van der Waals surface area contributed by atoms with Crippen LogP contribution in [0.2, 0.25) is 0 Å². The molecule has 0 aliphatic carbocycles. The van der Waals surface area contributed by atoms with E-state index < -0.39 is 10.0 Å². The number of primary sulfonamides is 1. The van der Waals surface area contributed by atoms with Crippen LogP contribution in [0.1, 0.15) is 40.0 Å². The summed E-state index contributed by atoms with van der Waals surface area (Å²) in [4.78, 5) is 0. The Hall–Kier alpha value is -1.21. The van der Waals surface area contributed by atoms with Gasteiger partial charge in [-0.2, -0.15) is 0 Å². The van der Waals surface area contributed by atoms with E-state index in [0.29, 0.717) is 5.82 Å². The molecule has 7 heteroatoms. The summed E-state index contributed by atoms with van der Waals surface area (Å²) in [7, 11) is -3.78. The van der Waals surface area contributed by atoms with Crippen molar-refractivity contribution in [3.63, 3.8) is 0 Å². The zero-order valence-corrected chi connectivity index (χ0v) is 12.5. The Morgan fingerprint density at radius 2 is 1.74 bits per heavy atom. The van der Waals surface area contributed by atoms with Gasteiger partial charge in [0.25, 0.3) is 10.0 Å². The van der Waals surface area contributed by atoms with E-state index in [1.165, 1.54) is 6.07 Å². The number of nitrogens with one attached hydrogen (secondary N) is 1. The monoisotopic (exact) mass is 286 g/mol. The van der Waals surface area contributed by atoms with Crippen LogP contribution in [0.4, 0.5) is 5.82 Å². The van der Waals surface area contributed by atoms with Gasteiger partial charge in [-0.1, -0.05) is 20.8 Å². The lowest BCUT2D eigenvalue weighted by Gasteiger charge is -2.30. The standard InChI is InChI=1S/C12H22N4O2S/c1-4-12(5-2,6-3)9-14-10-7-8-11(16-15-10)19(13,17)18/h7-8H,4-6,9H2,1-3H3,(H,14,15)(H2,13,17,18). The van der Waals surface area contributed by atoms with Crippen LogP contribution in [0.25, 0.3) is 0 Å². The topological polar surface area (TPSA) is 98.0 Å². The minimum Gasteiger partial charge on any atom is -0.368 e. The predicted molar refractivity (Wildman–Crippen MR) is 75.2 cm³/mol. The molecule has 0 saturated heterocycles. The molecule has 0 unspecified atom stereocenters. The highest BCUT2D eigenvalue weighted by atomic mass is 32.2. The molecule has 108 valence electrons. The SMILES string of the molecule is CCC(CC)(CC)CNc1ccc(S(N)(=O)=O)nn1. The van der Waals surface area contributed by atoms with E-state index in [9.17, 15) is 8.42 Å². The molecule has 1 rings (SSSR count). The summed E-state index contributed by atoms with van der Waals surface area (Å²) in [5.41, 5.74) is 0.236. The molecule has 1 heterocycles. The Morgan fingerprint density at radius 1 is 1.16 bits per heavy atom. The molecule has 19 heavy (non-hydrogen) atoms. The fourth-order valence-electron chi connectivity index (χ4n) is 1.97. The first-order valence-electron chi connectivity index (χ1n) is 6.47. The molecule has 0 bridgehead atoms. The van der Waals surface area contributed by atoms with E-state index >= 15 is 0 Å². The normalized spacial score (nSPS) is 12.4. The molecule has 0 spiro atoms. The quantitative estimate of drug-likeness (QED) is 0.795. The number of anilines is 1. The van der Waals surface area contributed by atoms with Gasteiger partial charge in [0.1, 0.15) is 5.82 Å². The summed E-state index contributed by atoms with van der Waals surface area (Å²) in [6.45, 7) is 7.30. The van der Waals surface area contributed by atoms with Crippen molar-refractivity contribution in [2.45, 2.75) is 45.1 Å². The molecule has 1 aromatic heterocycles. The highest BCUT2D eigenvalue weighted by Gasteiger charge is 2.23. The van der Waals surface area contributed by atoms with Crippen molar-refractivity contribution in [2.75, 3.05) is 11.9 Å². The van der Waals surface area contributed by atoms with Gasteiger partial charge in [-0.25, -0.2) is 13.6 Å². The maximum atomic E-state index is 11.1. The van der Waals surface area contributed by atoms with Crippen molar-refractivity contribution in [3.05, 3.63) is 12.1 Å². The Bertz CT molecular complexity index is 487. The lowest BCUT2D eigenvalue weighted by molar-refractivity contribution is 0.271. The van der Waals surface area contributed by atoms with E-state index in [4.69, 9.17) is 5.14 Å². The summed E-state index contributed by atoms with van der Waals surface area (Å²) in [5.74, 6) is 0.562. The number of aromatic nitrogens is 2. The number of nitrogens with zero attached hydrogens (tertiary/aromatic N) is 2. The highest BCUT2D eigenvalue weighted by molar-refractivity contribution is 7.89. The van der Waals surface area contributed by atoms with Gasteiger partial charge in [0.2, 0.25) is 0 Å². The van der Waals surface area contributed by atoms with Crippen LogP contribution in [0, 0.1) is 5.41 Å². The van der Waals surface area contributed by atoms with Crippen LogP contribution in [0.3, 0.4) is 0 Å². The summed E-state index contributed by atoms with van der Waals surface area (Å²) < 4.78 is 22.1. The van der Waals surface area contributed by atoms with Crippen LogP contribution in [0.15, 0.2) is 17.2 Å². The molecule has 0 atom stereocenters. The first kappa shape index (κ1) is 15.8. The number of sulfonamides is 1. The zero-order chi connectivity index (χ0) is 14.5. The smallest absolute Gasteiger partial charge is 0.257 e. The second-order valence-electron chi connectivity index (χ2n) is 4.72. The number of nitrogens with two attached hydrogens (primary N) is 1. The molecule has 6 nitrogen and oxygen atoms in total. The molecule has 0 aromatic carbocycles. The maximum absolute atomic E-state index is 11.1. The van der Waals surface area contributed by atoms with Crippen molar-refractivity contribution in [3.8, 4) is 0 Å². The van der Waals surface area contributed by atoms with Crippen LogP contribution >= 0.6 is 0 Å². The summed E-state index contributed by atoms with van der Waals surface area (Å²) in [5, 5.41) is 15.4. The molecule has 0 aliphatic heterocycles. The fourth-order valence-corrected chi connectivity index (χ4v) is 2.38. The third kappa shape index (κ3) is 4.14. The second kappa shape index (κ2) is 6.29. The third-order valence-corrected chi connectivity index (χ3v) is 4.63. The van der Waals surface area contributed by atoms with E-state index in [-0.39, 0.29) is 10.4 Å². The van der Waals surface area contributed by atoms with Crippen molar-refractivity contribution in [1.82, 2.24) is 10.2 Å². The van der Waals surface area contributed by atoms with Crippen LogP contribution < -0.4 is 10.5 Å². The maximum Gasteiger partial charge on any atom is 0.257 e. The number of hydrogen-bond acceptors (Lipinski definition) is 5. The van der Waals surface area contributed by atoms with E-state index in [1.54, 1.807) is 6.07 Å². The first-order valence-corrected chi connectivity index (χ1v) is 8.02. The molecule has 0 saturated carbocycles. The molecular formula is C12H22N4O2S. The molecule has 0 amide bonds. The lowest BCUT2D eigenvalue weighted by atomic mass is 9.80. The number of hydrogen-bond donors (Lipinski definition) is 2. The van der Waals surface area contributed by atoms with E-state index in [0.717, 1.165) is 25.8 Å².